The zero-order valence-corrected chi connectivity index (χ0v) is 37.4. The third-order valence-electron chi connectivity index (χ3n) is 14.7. The van der Waals surface area contributed by atoms with Crippen molar-refractivity contribution in [1.82, 2.24) is 0 Å². The molecule has 67 heavy (non-hydrogen) atoms. The van der Waals surface area contributed by atoms with Crippen LogP contribution in [0.2, 0.25) is 0 Å². The number of ether oxygens (including phenoxy) is 10. The van der Waals surface area contributed by atoms with Crippen molar-refractivity contribution in [3.63, 3.8) is 0 Å². The molecule has 0 bridgehead atoms. The highest BCUT2D eigenvalue weighted by Crippen LogP contribution is 2.43. The van der Waals surface area contributed by atoms with Crippen LogP contribution < -0.4 is 0 Å². The van der Waals surface area contributed by atoms with E-state index in [1.54, 1.807) is 6.08 Å². The van der Waals surface area contributed by atoms with Crippen molar-refractivity contribution < 1.29 is 119 Å². The molecule has 0 aromatic carbocycles. The van der Waals surface area contributed by atoms with E-state index < -0.39 is 179 Å². The number of carbonyl (C=O) groups is 1. The molecule has 7 fully saturated rings. The van der Waals surface area contributed by atoms with Gasteiger partial charge in [-0.15, -0.1) is 0 Å². The van der Waals surface area contributed by atoms with Gasteiger partial charge in [0.2, 0.25) is 0 Å². The standard InChI is InChI=1S/C43H70O24/c1-58-25-7-16(8-26(59-2)32(25)51)3-6-30(49)60-14-28-33(52)35(54)38(57)41(65-28)62-15-29-34(53)36(55)40(67-42-37(56)31(50)23(48)13-61-42)43(66-29)64-27-12-19-21(46)10-18(44)11-24(19)63-39(27)17-4-5-20(45)22(47)9-17/h3,6,16-29,31-48,50-57H,4-5,7-15H2,1-2H3/p+1/t16?,17?,18?,19?,20?,21?,22?,23-,24?,25?,26?,27?,28-,29+,31+,32?,33-,34-,35+,36-,37-,38-,39?,40+,41-,42+,43+/m1/s1. The van der Waals surface area contributed by atoms with Crippen molar-refractivity contribution in [2.75, 3.05) is 34.0 Å². The number of hydrogen-bond acceptors (Lipinski definition) is 23. The topological polar surface area (TPSA) is 376 Å². The van der Waals surface area contributed by atoms with Crippen LogP contribution in [0.1, 0.15) is 51.4 Å². The average Bonchev–Trinajstić information content (AvgIpc) is 3.30. The van der Waals surface area contributed by atoms with Gasteiger partial charge < -0.3 is 114 Å². The van der Waals surface area contributed by atoms with Crippen LogP contribution in [0.3, 0.4) is 0 Å². The molecule has 4 saturated heterocycles. The minimum absolute atomic E-state index is 0.0861. The zero-order chi connectivity index (χ0) is 48.4. The zero-order valence-electron chi connectivity index (χ0n) is 37.4. The van der Waals surface area contributed by atoms with E-state index in [9.17, 15) is 71.2 Å². The van der Waals surface area contributed by atoms with E-state index in [4.69, 9.17) is 47.4 Å². The van der Waals surface area contributed by atoms with Crippen molar-refractivity contribution >= 4 is 5.97 Å². The van der Waals surface area contributed by atoms with E-state index in [2.05, 4.69) is 0 Å². The molecule has 3 aliphatic carbocycles. The van der Waals surface area contributed by atoms with Crippen LogP contribution in [0.4, 0.5) is 0 Å². The van der Waals surface area contributed by atoms with Crippen LogP contribution in [0, 0.1) is 17.8 Å². The highest BCUT2D eigenvalue weighted by Gasteiger charge is 2.57. The SMILES string of the molecule is COC1CC(C=CC(=O)OC[C@H]2O[C@@H](OC[C@@H]3O[C@H](OC4CC5C(O)CC(O)CC5[OH+]C4C4CCC(O)C(O)C4)[C@@H](O[C@@H]4OC[C@@H](O)[C@H](O)[C@H]4O)[C@H](O)[C@@H]3O)[C@H](O)[C@@H](O)[C@@H]2O)CC(OC)C1O. The number of aliphatic hydroxyl groups is 15. The Bertz CT molecular complexity index is 1580. The number of hydrogen-bond donors (Lipinski definition) is 13. The second kappa shape index (κ2) is 23.3. The molecule has 4 heterocycles. The van der Waals surface area contributed by atoms with Crippen LogP contribution >= 0.6 is 0 Å². The Morgan fingerprint density at radius 1 is 0.597 bits per heavy atom. The van der Waals surface area contributed by atoms with Crippen LogP contribution in [-0.4, -0.2) is 258 Å². The van der Waals surface area contributed by atoms with Gasteiger partial charge in [-0.05, 0) is 44.4 Å². The quantitative estimate of drug-likeness (QED) is 0.0437. The second-order valence-corrected chi connectivity index (χ2v) is 19.2. The van der Waals surface area contributed by atoms with Gasteiger partial charge in [0.15, 0.2) is 31.1 Å². The van der Waals surface area contributed by atoms with Gasteiger partial charge in [0, 0.05) is 39.1 Å². The summed E-state index contributed by atoms with van der Waals surface area (Å²) in [6.45, 7) is -1.75. The lowest BCUT2D eigenvalue weighted by Gasteiger charge is -2.49. The van der Waals surface area contributed by atoms with Gasteiger partial charge in [-0.1, -0.05) is 6.08 Å². The molecule has 7 rings (SSSR count). The van der Waals surface area contributed by atoms with E-state index >= 15 is 0 Å². The molecule has 25 atom stereocenters. The fourth-order valence-corrected chi connectivity index (χ4v) is 10.7. The van der Waals surface area contributed by atoms with Gasteiger partial charge in [-0.2, -0.15) is 0 Å². The number of esters is 1. The number of aliphatic hydroxyl groups excluding tert-OH is 13. The molecule has 0 amide bonds. The first-order valence-electron chi connectivity index (χ1n) is 23.2. The Morgan fingerprint density at radius 2 is 1.25 bits per heavy atom. The number of rotatable bonds is 14. The largest absolute Gasteiger partial charge is 0.460 e. The predicted molar refractivity (Wildman–Crippen MR) is 220 cm³/mol. The van der Waals surface area contributed by atoms with Crippen LogP contribution in [0.25, 0.3) is 0 Å². The Hall–Kier alpha value is -1.67. The Kier molecular flexibility index (Phi) is 18.4. The van der Waals surface area contributed by atoms with Gasteiger partial charge in [0.1, 0.15) is 86.0 Å². The maximum atomic E-state index is 12.8. The van der Waals surface area contributed by atoms with E-state index in [0.29, 0.717) is 19.3 Å². The minimum atomic E-state index is -1.91. The monoisotopic (exact) mass is 971 g/mol. The summed E-state index contributed by atoms with van der Waals surface area (Å²) >= 11 is 0. The highest BCUT2D eigenvalue weighted by atomic mass is 16.8. The fourth-order valence-electron chi connectivity index (χ4n) is 10.7. The molecule has 4 aliphatic heterocycles. The number of fused-ring (bicyclic) bond motifs is 1. The lowest BCUT2D eigenvalue weighted by atomic mass is 9.72. The van der Waals surface area contributed by atoms with E-state index in [0.717, 1.165) is 6.08 Å². The third-order valence-corrected chi connectivity index (χ3v) is 14.7. The summed E-state index contributed by atoms with van der Waals surface area (Å²) in [5.41, 5.74) is 0. The van der Waals surface area contributed by atoms with Gasteiger partial charge in [0.05, 0.1) is 55.8 Å². The molecular formula is C43H71O24+. The Morgan fingerprint density at radius 3 is 1.94 bits per heavy atom. The summed E-state index contributed by atoms with van der Waals surface area (Å²) in [5, 5.41) is 140. The first-order chi connectivity index (χ1) is 31.9. The molecule has 24 heteroatoms. The lowest BCUT2D eigenvalue weighted by Crippen LogP contribution is -2.65. The lowest BCUT2D eigenvalue weighted by molar-refractivity contribution is -0.385. The smallest absolute Gasteiger partial charge is 0.330 e. The summed E-state index contributed by atoms with van der Waals surface area (Å²) in [6.07, 6.45) is -26.9. The molecule has 11 unspecified atom stereocenters. The predicted octanol–water partition coefficient (Wildman–Crippen LogP) is -6.31. The average molecular weight is 972 g/mol. The molecule has 0 aromatic rings. The maximum Gasteiger partial charge on any atom is 0.330 e. The van der Waals surface area contributed by atoms with Gasteiger partial charge in [0.25, 0.3) is 0 Å². The molecule has 0 spiro atoms. The van der Waals surface area contributed by atoms with E-state index in [-0.39, 0.29) is 43.9 Å². The fraction of sp³-hybridized carbons (Fsp3) is 0.930. The Labute approximate surface area is 386 Å². The van der Waals surface area contributed by atoms with Crippen LogP contribution in [0.15, 0.2) is 12.2 Å². The van der Waals surface area contributed by atoms with Gasteiger partial charge in [-0.3, -0.25) is 0 Å². The number of allylic oxidation sites excluding steroid dienone is 1. The maximum absolute atomic E-state index is 12.8. The highest BCUT2D eigenvalue weighted by molar-refractivity contribution is 5.81. The summed E-state index contributed by atoms with van der Waals surface area (Å²) in [7, 11) is 2.92. The van der Waals surface area contributed by atoms with Crippen LogP contribution in [0.5, 0.6) is 0 Å². The van der Waals surface area contributed by atoms with Crippen molar-refractivity contribution in [2.24, 2.45) is 17.8 Å². The summed E-state index contributed by atoms with van der Waals surface area (Å²) in [6, 6.07) is 0. The van der Waals surface area contributed by atoms with Crippen molar-refractivity contribution in [3.8, 4) is 0 Å². The second-order valence-electron chi connectivity index (χ2n) is 19.2. The van der Waals surface area contributed by atoms with E-state index in [1.807, 2.05) is 0 Å². The first kappa shape index (κ1) is 53.1. The van der Waals surface area contributed by atoms with Crippen molar-refractivity contribution in [1.29, 1.82) is 0 Å². The Balaban J connectivity index is 1.05. The van der Waals surface area contributed by atoms with Gasteiger partial charge in [-0.25, -0.2) is 4.79 Å². The molecule has 0 aromatic heterocycles. The first-order valence-corrected chi connectivity index (χ1v) is 23.2. The minimum Gasteiger partial charge on any atom is -0.460 e. The third kappa shape index (κ3) is 12.2. The molecule has 0 radical (unpaired) electrons. The normalized spacial score (nSPS) is 51.0. The number of methoxy groups -OCH3 is 2. The molecule has 14 N–H and O–H groups in total. The molecular weight excluding hydrogens is 900 g/mol. The number of carbonyl (C=O) groups excluding carboxylic acids is 1. The van der Waals surface area contributed by atoms with Crippen molar-refractivity contribution in [3.05, 3.63) is 12.2 Å². The summed E-state index contributed by atoms with van der Waals surface area (Å²) in [5.74, 6) is -1.88. The summed E-state index contributed by atoms with van der Waals surface area (Å²) < 4.78 is 56.8. The molecule has 7 aliphatic rings. The molecule has 24 nitrogen and oxygen atoms in total. The van der Waals surface area contributed by atoms with Crippen molar-refractivity contribution in [2.45, 2.75) is 198 Å². The van der Waals surface area contributed by atoms with Crippen LogP contribution in [-0.2, 0) is 47.4 Å². The van der Waals surface area contributed by atoms with Gasteiger partial charge >= 0.3 is 5.97 Å². The summed E-state index contributed by atoms with van der Waals surface area (Å²) in [4.78, 5) is 12.8. The molecule has 386 valence electrons. The molecule has 3 saturated carbocycles. The van der Waals surface area contributed by atoms with E-state index in [1.165, 1.54) is 14.2 Å².